The molecule has 8 heteroatoms. The lowest BCUT2D eigenvalue weighted by atomic mass is 9.96. The predicted octanol–water partition coefficient (Wildman–Crippen LogP) is 5.54. The molecule has 1 N–H and O–H groups in total. The monoisotopic (exact) mass is 518 g/mol. The van der Waals surface area contributed by atoms with Crippen LogP contribution in [0.5, 0.6) is 11.5 Å². The number of allylic oxidation sites excluding steroid dienone is 1. The third-order valence-electron chi connectivity index (χ3n) is 7.75. The van der Waals surface area contributed by atoms with E-state index in [9.17, 15) is 0 Å². The summed E-state index contributed by atoms with van der Waals surface area (Å²) in [5.41, 5.74) is 8.17. The van der Waals surface area contributed by atoms with E-state index in [0.717, 1.165) is 77.8 Å². The van der Waals surface area contributed by atoms with Gasteiger partial charge in [0.15, 0.2) is 11.5 Å². The van der Waals surface area contributed by atoms with Crippen molar-refractivity contribution in [1.82, 2.24) is 19.9 Å². The van der Waals surface area contributed by atoms with E-state index >= 15 is 0 Å². The van der Waals surface area contributed by atoms with Gasteiger partial charge < -0.3 is 19.4 Å². The van der Waals surface area contributed by atoms with E-state index in [4.69, 9.17) is 24.7 Å². The van der Waals surface area contributed by atoms with Gasteiger partial charge in [-0.15, -0.1) is 0 Å². The smallest absolute Gasteiger partial charge is 0.161 e. The number of rotatable bonds is 6. The number of methoxy groups -OCH3 is 2. The number of hydrogen-bond acceptors (Lipinski definition) is 7. The Morgan fingerprint density at radius 1 is 0.974 bits per heavy atom. The average molecular weight is 519 g/mol. The van der Waals surface area contributed by atoms with Gasteiger partial charge in [0.1, 0.15) is 18.0 Å². The maximum Gasteiger partial charge on any atom is 0.161 e. The molecule has 0 unspecified atom stereocenters. The van der Waals surface area contributed by atoms with Gasteiger partial charge in [-0.3, -0.25) is 0 Å². The van der Waals surface area contributed by atoms with E-state index in [1.807, 2.05) is 42.5 Å². The third-order valence-corrected chi connectivity index (χ3v) is 7.75. The normalized spacial score (nSPS) is 15.0. The van der Waals surface area contributed by atoms with Crippen molar-refractivity contribution < 1.29 is 9.47 Å². The molecule has 2 aliphatic rings. The van der Waals surface area contributed by atoms with Crippen LogP contribution in [0.15, 0.2) is 48.8 Å². The molecule has 4 aromatic rings. The van der Waals surface area contributed by atoms with Crippen molar-refractivity contribution in [3.05, 3.63) is 82.7 Å². The molecule has 8 nitrogen and oxygen atoms in total. The van der Waals surface area contributed by atoms with Crippen molar-refractivity contribution in [2.45, 2.75) is 32.1 Å². The Kier molecular flexibility index (Phi) is 6.49. The van der Waals surface area contributed by atoms with Crippen molar-refractivity contribution >= 4 is 17.5 Å². The number of nitrogens with one attached hydrogen (secondary N) is 1. The number of benzene rings is 2. The van der Waals surface area contributed by atoms with E-state index in [1.54, 1.807) is 20.5 Å². The standard InChI is InChI=1S/C31H30N6O2/c1-19-29(23-8-9-27(38-2)28(16-23)39-3)36-30(35-19)22-10-12-37(13-11-22)31-25-14-24(15-26(25)33-18-34-31)21-6-4-20(17-32)5-7-21/h4-9,14,16,18,22H,10-13,15H2,1-3H3,(H,35,36). The number of aromatic nitrogens is 4. The first kappa shape index (κ1) is 24.7. The third kappa shape index (κ3) is 4.61. The number of aromatic amines is 1. The van der Waals surface area contributed by atoms with Crippen LogP contribution >= 0.6 is 0 Å². The lowest BCUT2D eigenvalue weighted by molar-refractivity contribution is 0.355. The van der Waals surface area contributed by atoms with Crippen molar-refractivity contribution in [3.63, 3.8) is 0 Å². The highest BCUT2D eigenvalue weighted by atomic mass is 16.5. The van der Waals surface area contributed by atoms with Crippen LogP contribution in [0.3, 0.4) is 0 Å². The van der Waals surface area contributed by atoms with Gasteiger partial charge in [-0.25, -0.2) is 15.0 Å². The van der Waals surface area contributed by atoms with Crippen molar-refractivity contribution in [2.75, 3.05) is 32.2 Å². The van der Waals surface area contributed by atoms with Gasteiger partial charge in [-0.2, -0.15) is 5.26 Å². The molecular formula is C31H30N6O2. The molecule has 0 bridgehead atoms. The summed E-state index contributed by atoms with van der Waals surface area (Å²) in [5.74, 6) is 3.79. The molecule has 196 valence electrons. The van der Waals surface area contributed by atoms with E-state index < -0.39 is 0 Å². The molecule has 1 aliphatic carbocycles. The number of nitrogens with zero attached hydrogens (tertiary/aromatic N) is 5. The fraction of sp³-hybridized carbons (Fsp3) is 0.290. The number of nitriles is 1. The second kappa shape index (κ2) is 10.3. The average Bonchev–Trinajstić information content (AvgIpc) is 3.60. The maximum absolute atomic E-state index is 9.11. The summed E-state index contributed by atoms with van der Waals surface area (Å²) >= 11 is 0. The SMILES string of the molecule is COc1ccc(-c2nc(C3CCN(c4ncnc5c4C=C(c4ccc(C#N)cc4)C5)CC3)[nH]c2C)cc1OC. The number of hydrogen-bond donors (Lipinski definition) is 1. The molecule has 0 radical (unpaired) electrons. The van der Waals surface area contributed by atoms with Crippen LogP contribution in [0.25, 0.3) is 22.9 Å². The molecule has 0 spiro atoms. The first-order valence-electron chi connectivity index (χ1n) is 13.2. The Balaban J connectivity index is 1.18. The van der Waals surface area contributed by atoms with E-state index in [1.165, 1.54) is 5.57 Å². The number of anilines is 1. The Labute approximate surface area is 228 Å². The molecular weight excluding hydrogens is 488 g/mol. The molecule has 1 fully saturated rings. The first-order valence-corrected chi connectivity index (χ1v) is 13.2. The maximum atomic E-state index is 9.11. The number of aryl methyl sites for hydroxylation is 1. The zero-order chi connectivity index (χ0) is 26.9. The molecule has 1 aliphatic heterocycles. The minimum Gasteiger partial charge on any atom is -0.493 e. The molecule has 0 saturated carbocycles. The molecule has 1 saturated heterocycles. The number of fused-ring (bicyclic) bond motifs is 1. The lowest BCUT2D eigenvalue weighted by Gasteiger charge is -2.32. The highest BCUT2D eigenvalue weighted by molar-refractivity contribution is 5.91. The van der Waals surface area contributed by atoms with Crippen LogP contribution in [-0.2, 0) is 6.42 Å². The number of ether oxygens (including phenoxy) is 2. The van der Waals surface area contributed by atoms with Gasteiger partial charge in [0.05, 0.1) is 37.2 Å². The van der Waals surface area contributed by atoms with Gasteiger partial charge in [0, 0.05) is 42.2 Å². The van der Waals surface area contributed by atoms with Crippen LogP contribution in [0.1, 0.15) is 52.7 Å². The number of piperidine rings is 1. The summed E-state index contributed by atoms with van der Waals surface area (Å²) in [7, 11) is 3.29. The van der Waals surface area contributed by atoms with Gasteiger partial charge in [-0.05, 0) is 67.3 Å². The van der Waals surface area contributed by atoms with Crippen LogP contribution in [0, 0.1) is 18.3 Å². The van der Waals surface area contributed by atoms with Gasteiger partial charge in [0.25, 0.3) is 0 Å². The fourth-order valence-corrected chi connectivity index (χ4v) is 5.62. The zero-order valence-corrected chi connectivity index (χ0v) is 22.4. The summed E-state index contributed by atoms with van der Waals surface area (Å²) in [6, 6.07) is 15.9. The molecule has 3 heterocycles. The second-order valence-electron chi connectivity index (χ2n) is 10.0. The van der Waals surface area contributed by atoms with Crippen LogP contribution in [0.2, 0.25) is 0 Å². The highest BCUT2D eigenvalue weighted by Gasteiger charge is 2.28. The van der Waals surface area contributed by atoms with Crippen LogP contribution < -0.4 is 14.4 Å². The van der Waals surface area contributed by atoms with Crippen LogP contribution in [-0.4, -0.2) is 47.2 Å². The van der Waals surface area contributed by atoms with Gasteiger partial charge >= 0.3 is 0 Å². The number of imidazole rings is 1. The largest absolute Gasteiger partial charge is 0.493 e. The summed E-state index contributed by atoms with van der Waals surface area (Å²) in [6.07, 6.45) is 6.65. The predicted molar refractivity (Wildman–Crippen MR) is 151 cm³/mol. The minimum absolute atomic E-state index is 0.355. The minimum atomic E-state index is 0.355. The molecule has 2 aromatic carbocycles. The van der Waals surface area contributed by atoms with E-state index in [-0.39, 0.29) is 0 Å². The Morgan fingerprint density at radius 2 is 1.72 bits per heavy atom. The summed E-state index contributed by atoms with van der Waals surface area (Å²) in [4.78, 5) is 20.2. The van der Waals surface area contributed by atoms with E-state index in [0.29, 0.717) is 23.0 Å². The summed E-state index contributed by atoms with van der Waals surface area (Å²) in [6.45, 7) is 3.87. The van der Waals surface area contributed by atoms with Crippen molar-refractivity contribution in [2.24, 2.45) is 0 Å². The molecule has 2 aromatic heterocycles. The van der Waals surface area contributed by atoms with Gasteiger partial charge in [0.2, 0.25) is 0 Å². The molecule has 0 atom stereocenters. The zero-order valence-electron chi connectivity index (χ0n) is 22.4. The van der Waals surface area contributed by atoms with Crippen LogP contribution in [0.4, 0.5) is 5.82 Å². The first-order chi connectivity index (χ1) is 19.1. The molecule has 6 rings (SSSR count). The highest BCUT2D eigenvalue weighted by Crippen LogP contribution is 2.38. The fourth-order valence-electron chi connectivity index (χ4n) is 5.62. The van der Waals surface area contributed by atoms with Crippen molar-refractivity contribution in [1.29, 1.82) is 5.26 Å². The quantitative estimate of drug-likeness (QED) is 0.357. The summed E-state index contributed by atoms with van der Waals surface area (Å²) < 4.78 is 10.9. The lowest BCUT2D eigenvalue weighted by Crippen LogP contribution is -2.34. The van der Waals surface area contributed by atoms with Gasteiger partial charge in [-0.1, -0.05) is 12.1 Å². The molecule has 0 amide bonds. The van der Waals surface area contributed by atoms with E-state index in [2.05, 4.69) is 33.9 Å². The Morgan fingerprint density at radius 3 is 2.44 bits per heavy atom. The number of H-pyrrole nitrogens is 1. The Bertz CT molecular complexity index is 1590. The van der Waals surface area contributed by atoms with Crippen molar-refractivity contribution in [3.8, 4) is 28.8 Å². The summed E-state index contributed by atoms with van der Waals surface area (Å²) in [5, 5.41) is 9.11. The topological polar surface area (TPSA) is 100.0 Å². The Hall–Kier alpha value is -4.64. The molecule has 39 heavy (non-hydrogen) atoms. The second-order valence-corrected chi connectivity index (χ2v) is 10.0.